The van der Waals surface area contributed by atoms with E-state index in [0.717, 1.165) is 31.4 Å². The first-order valence-corrected chi connectivity index (χ1v) is 10.8. The predicted octanol–water partition coefficient (Wildman–Crippen LogP) is 5.19. The van der Waals surface area contributed by atoms with Crippen LogP contribution in [0.2, 0.25) is 0 Å². The Bertz CT molecular complexity index is 813. The fourth-order valence-corrected chi connectivity index (χ4v) is 7.49. The molecule has 5 nitrogen and oxygen atoms in total. The molecular weight excluding hydrogens is 467 g/mol. The van der Waals surface area contributed by atoms with E-state index in [4.69, 9.17) is 4.74 Å². The van der Waals surface area contributed by atoms with Gasteiger partial charge in [0, 0.05) is 10.0 Å². The molecule has 164 valence electrons. The van der Waals surface area contributed by atoms with Gasteiger partial charge in [0.15, 0.2) is 6.61 Å². The van der Waals surface area contributed by atoms with Gasteiger partial charge in [0.25, 0.3) is 5.91 Å². The van der Waals surface area contributed by atoms with Crippen LogP contribution in [-0.2, 0) is 14.3 Å². The molecule has 9 heteroatoms. The molecule has 4 bridgehead atoms. The molecule has 0 saturated heterocycles. The van der Waals surface area contributed by atoms with E-state index in [1.54, 1.807) is 0 Å². The molecule has 1 aromatic rings. The summed E-state index contributed by atoms with van der Waals surface area (Å²) in [4.78, 5) is 24.5. The quantitative estimate of drug-likeness (QED) is 0.441. The number of rotatable bonds is 6. The van der Waals surface area contributed by atoms with Crippen molar-refractivity contribution >= 4 is 33.5 Å². The molecule has 0 aromatic heterocycles. The highest BCUT2D eigenvalue weighted by molar-refractivity contribution is 9.10. The minimum atomic E-state index is -4.77. The molecule has 4 aliphatic rings. The summed E-state index contributed by atoms with van der Waals surface area (Å²) in [6, 6.07) is 4.76. The van der Waals surface area contributed by atoms with E-state index >= 15 is 0 Å². The predicted molar refractivity (Wildman–Crippen MR) is 106 cm³/mol. The van der Waals surface area contributed by atoms with Crippen molar-refractivity contribution in [1.82, 2.24) is 0 Å². The smallest absolute Gasteiger partial charge is 0.456 e. The van der Waals surface area contributed by atoms with Gasteiger partial charge in [-0.1, -0.05) is 15.9 Å². The third-order valence-electron chi connectivity index (χ3n) is 6.37. The zero-order valence-electron chi connectivity index (χ0n) is 16.3. The third-order valence-corrected chi connectivity index (χ3v) is 7.29. The number of alkyl halides is 4. The molecule has 4 aliphatic carbocycles. The number of halogens is 4. The Morgan fingerprint density at radius 3 is 2.30 bits per heavy atom. The van der Waals surface area contributed by atoms with Gasteiger partial charge < -0.3 is 14.8 Å². The van der Waals surface area contributed by atoms with Gasteiger partial charge >= 0.3 is 12.3 Å². The van der Waals surface area contributed by atoms with E-state index in [-0.39, 0.29) is 27.1 Å². The molecule has 0 spiro atoms. The van der Waals surface area contributed by atoms with Crippen molar-refractivity contribution < 1.29 is 32.2 Å². The summed E-state index contributed by atoms with van der Waals surface area (Å²) in [6.45, 7) is -0.429. The topological polar surface area (TPSA) is 64.6 Å². The van der Waals surface area contributed by atoms with Gasteiger partial charge in [-0.05, 0) is 80.0 Å². The maximum Gasteiger partial charge on any atom is 0.573 e. The van der Waals surface area contributed by atoms with Crippen LogP contribution < -0.4 is 10.1 Å². The molecule has 1 aromatic carbocycles. The van der Waals surface area contributed by atoms with Crippen molar-refractivity contribution in [2.24, 2.45) is 17.3 Å². The fraction of sp³-hybridized carbons (Fsp3) is 0.619. The Labute approximate surface area is 180 Å². The van der Waals surface area contributed by atoms with Crippen LogP contribution >= 0.6 is 15.9 Å². The number of carbonyl (C=O) groups is 2. The Morgan fingerprint density at radius 1 is 1.10 bits per heavy atom. The Morgan fingerprint density at radius 2 is 1.73 bits per heavy atom. The fourth-order valence-electron chi connectivity index (χ4n) is 5.98. The maximum atomic E-state index is 12.4. The Hall–Kier alpha value is -1.77. The van der Waals surface area contributed by atoms with Crippen LogP contribution in [0.15, 0.2) is 24.3 Å². The summed E-state index contributed by atoms with van der Waals surface area (Å²) in [5.41, 5.74) is 0.253. The first-order valence-electron chi connectivity index (χ1n) is 10.0. The monoisotopic (exact) mass is 489 g/mol. The highest BCUT2D eigenvalue weighted by Crippen LogP contribution is 2.65. The largest absolute Gasteiger partial charge is 0.573 e. The number of nitrogens with one attached hydrogen (secondary N) is 1. The average Bonchev–Trinajstić information content (AvgIpc) is 2.58. The molecule has 1 N–H and O–H groups in total. The third kappa shape index (κ3) is 5.10. The first-order chi connectivity index (χ1) is 14.0. The molecule has 0 aliphatic heterocycles. The van der Waals surface area contributed by atoms with E-state index < -0.39 is 18.9 Å². The second-order valence-corrected chi connectivity index (χ2v) is 10.8. The molecule has 2 unspecified atom stereocenters. The van der Waals surface area contributed by atoms with Crippen LogP contribution in [0.5, 0.6) is 5.75 Å². The van der Waals surface area contributed by atoms with E-state index in [1.807, 2.05) is 0 Å². The van der Waals surface area contributed by atoms with Gasteiger partial charge in [0.2, 0.25) is 0 Å². The second-order valence-electron chi connectivity index (χ2n) is 9.07. The van der Waals surface area contributed by atoms with Crippen LogP contribution in [0.25, 0.3) is 0 Å². The van der Waals surface area contributed by atoms with Crippen molar-refractivity contribution in [3.05, 3.63) is 24.3 Å². The number of anilines is 1. The summed E-state index contributed by atoms with van der Waals surface area (Å²) in [5, 5.41) is 2.49. The number of esters is 1. The lowest BCUT2D eigenvalue weighted by atomic mass is 9.49. The van der Waals surface area contributed by atoms with Gasteiger partial charge in [0.1, 0.15) is 5.75 Å². The molecule has 1 amide bonds. The molecule has 4 saturated carbocycles. The van der Waals surface area contributed by atoms with Crippen molar-refractivity contribution in [1.29, 1.82) is 0 Å². The van der Waals surface area contributed by atoms with E-state index in [2.05, 4.69) is 26.0 Å². The number of hydrogen-bond donors (Lipinski definition) is 1. The van der Waals surface area contributed by atoms with Gasteiger partial charge in [-0.25, -0.2) is 0 Å². The molecule has 2 atom stereocenters. The van der Waals surface area contributed by atoms with E-state index in [1.165, 1.54) is 31.4 Å². The summed E-state index contributed by atoms with van der Waals surface area (Å²) >= 11 is 3.92. The van der Waals surface area contributed by atoms with Gasteiger partial charge in [-0.2, -0.15) is 0 Å². The van der Waals surface area contributed by atoms with Gasteiger partial charge in [-0.3, -0.25) is 9.59 Å². The minimum Gasteiger partial charge on any atom is -0.456 e. The Kier molecular flexibility index (Phi) is 5.53. The molecule has 4 fully saturated rings. The van der Waals surface area contributed by atoms with Crippen LogP contribution in [0.3, 0.4) is 0 Å². The van der Waals surface area contributed by atoms with E-state index in [9.17, 15) is 22.8 Å². The lowest BCUT2D eigenvalue weighted by Crippen LogP contribution is -2.53. The summed E-state index contributed by atoms with van der Waals surface area (Å²) in [5.74, 6) is 0.0107. The number of ether oxygens (including phenoxy) is 2. The first kappa shape index (κ1) is 21.5. The molecule has 30 heavy (non-hydrogen) atoms. The lowest BCUT2D eigenvalue weighted by molar-refractivity contribution is -0.274. The summed E-state index contributed by atoms with van der Waals surface area (Å²) < 4.78 is 45.7. The van der Waals surface area contributed by atoms with Crippen molar-refractivity contribution in [2.45, 2.75) is 55.6 Å². The highest BCUT2D eigenvalue weighted by atomic mass is 79.9. The van der Waals surface area contributed by atoms with Crippen molar-refractivity contribution in [3.63, 3.8) is 0 Å². The zero-order valence-corrected chi connectivity index (χ0v) is 17.9. The van der Waals surface area contributed by atoms with Gasteiger partial charge in [-0.15, -0.1) is 13.2 Å². The molecular formula is C21H23BrF3NO4. The van der Waals surface area contributed by atoms with Crippen molar-refractivity contribution in [3.8, 4) is 5.75 Å². The second kappa shape index (κ2) is 7.73. The Balaban J connectivity index is 1.25. The average molecular weight is 490 g/mol. The van der Waals surface area contributed by atoms with Gasteiger partial charge in [0.05, 0.1) is 6.42 Å². The summed E-state index contributed by atoms with van der Waals surface area (Å²) in [7, 11) is 0. The maximum absolute atomic E-state index is 12.4. The van der Waals surface area contributed by atoms with Crippen LogP contribution in [-0.4, -0.2) is 29.2 Å². The highest BCUT2D eigenvalue weighted by Gasteiger charge is 2.57. The number of carbonyl (C=O) groups excluding carboxylic acids is 2. The normalized spacial score (nSPS) is 32.0. The van der Waals surface area contributed by atoms with Crippen molar-refractivity contribution in [2.75, 3.05) is 11.9 Å². The molecule has 0 heterocycles. The number of hydrogen-bond acceptors (Lipinski definition) is 4. The summed E-state index contributed by atoms with van der Waals surface area (Å²) in [6.07, 6.45) is 2.22. The molecule has 5 rings (SSSR count). The van der Waals surface area contributed by atoms with Crippen LogP contribution in [0, 0.1) is 17.3 Å². The SMILES string of the molecule is O=C(COC(=O)CC12CC3CC(CC(Br)(C3)C1)C2)Nc1ccc(OC(F)(F)F)cc1. The van der Waals surface area contributed by atoms with E-state index in [0.29, 0.717) is 18.3 Å². The van der Waals surface area contributed by atoms with Crippen LogP contribution in [0.1, 0.15) is 44.9 Å². The standard InChI is InChI=1S/C21H23BrF3NO4/c22-20-8-13-5-14(9-20)7-19(6-13,12-20)10-18(28)29-11-17(27)26-15-1-3-16(4-2-15)30-21(23,24)25/h1-4,13-14H,5-12H2,(H,26,27). The van der Waals surface area contributed by atoms with Crippen LogP contribution in [0.4, 0.5) is 18.9 Å². The zero-order chi connectivity index (χ0) is 21.6. The lowest BCUT2D eigenvalue weighted by Gasteiger charge is -2.60. The minimum absolute atomic E-state index is 0.0323. The number of benzene rings is 1. The molecule has 0 radical (unpaired) electrons. The number of amides is 1.